The molecule has 2 heterocycles. The van der Waals surface area contributed by atoms with Crippen LogP contribution in [-0.4, -0.2) is 45.1 Å². The summed E-state index contributed by atoms with van der Waals surface area (Å²) in [7, 11) is 0. The van der Waals surface area contributed by atoms with Gasteiger partial charge in [0.25, 0.3) is 17.2 Å². The summed E-state index contributed by atoms with van der Waals surface area (Å²) < 4.78 is 7.07. The number of carbonyl (C=O) groups excluding carboxylic acids is 1. The topological polar surface area (TPSA) is 93.3 Å². The fourth-order valence-corrected chi connectivity index (χ4v) is 4.91. The standard InChI is InChI=1S/C33H35N5O3/c1-24-16-18-27(19-17-24)32(39)37(22-10-20-34-28-13-7-4-8-14-28)21-9-15-29-35-31-30(25(2)36-41-31)33(40)38(29)23-26-11-5-3-6-12-26/h3-8,11-14,16-19,34H,9-10,15,20-23H2,1-2H3. The van der Waals surface area contributed by atoms with E-state index in [1.54, 1.807) is 11.5 Å². The predicted octanol–water partition coefficient (Wildman–Crippen LogP) is 5.63. The van der Waals surface area contributed by atoms with Crippen molar-refractivity contribution in [1.82, 2.24) is 19.6 Å². The Morgan fingerprint density at radius 2 is 1.59 bits per heavy atom. The third-order valence-electron chi connectivity index (χ3n) is 7.15. The molecular weight excluding hydrogens is 514 g/mol. The second-order valence-electron chi connectivity index (χ2n) is 10.3. The zero-order chi connectivity index (χ0) is 28.6. The number of hydrogen-bond acceptors (Lipinski definition) is 6. The summed E-state index contributed by atoms with van der Waals surface area (Å²) >= 11 is 0. The number of anilines is 1. The van der Waals surface area contributed by atoms with Crippen LogP contribution in [0.4, 0.5) is 5.69 Å². The van der Waals surface area contributed by atoms with Gasteiger partial charge in [-0.25, -0.2) is 0 Å². The van der Waals surface area contributed by atoms with Crippen LogP contribution in [0.1, 0.15) is 45.8 Å². The Morgan fingerprint density at radius 1 is 0.902 bits per heavy atom. The number of carbonyl (C=O) groups is 1. The van der Waals surface area contributed by atoms with E-state index in [0.29, 0.717) is 54.9 Å². The summed E-state index contributed by atoms with van der Waals surface area (Å²) in [4.78, 5) is 33.6. The number of amides is 1. The van der Waals surface area contributed by atoms with Gasteiger partial charge in [-0.1, -0.05) is 71.4 Å². The Balaban J connectivity index is 1.32. The number of nitrogens with one attached hydrogen (secondary N) is 1. The van der Waals surface area contributed by atoms with Gasteiger partial charge in [0, 0.05) is 37.3 Å². The number of rotatable bonds is 12. The molecule has 5 aromatic rings. The van der Waals surface area contributed by atoms with Gasteiger partial charge in [0.1, 0.15) is 11.2 Å². The fourth-order valence-electron chi connectivity index (χ4n) is 4.91. The minimum atomic E-state index is -0.160. The molecule has 0 aliphatic heterocycles. The first-order valence-electron chi connectivity index (χ1n) is 14.0. The van der Waals surface area contributed by atoms with Gasteiger partial charge in [-0.2, -0.15) is 4.98 Å². The van der Waals surface area contributed by atoms with E-state index < -0.39 is 0 Å². The highest BCUT2D eigenvalue weighted by Gasteiger charge is 2.19. The fraction of sp³-hybridized carbons (Fsp3) is 0.273. The maximum absolute atomic E-state index is 13.5. The monoisotopic (exact) mass is 549 g/mol. The van der Waals surface area contributed by atoms with Crippen LogP contribution in [0.25, 0.3) is 11.1 Å². The van der Waals surface area contributed by atoms with Gasteiger partial charge in [-0.05, 0) is 56.5 Å². The van der Waals surface area contributed by atoms with E-state index in [4.69, 9.17) is 9.51 Å². The van der Waals surface area contributed by atoms with Crippen LogP contribution in [0.15, 0.2) is 94.2 Å². The SMILES string of the molecule is Cc1ccc(C(=O)N(CCCNc2ccccc2)CCCc2nc3onc(C)c3c(=O)n2Cc2ccccc2)cc1. The molecule has 0 saturated carbocycles. The molecule has 8 nitrogen and oxygen atoms in total. The van der Waals surface area contributed by atoms with Gasteiger partial charge >= 0.3 is 0 Å². The van der Waals surface area contributed by atoms with Crippen molar-refractivity contribution < 1.29 is 9.32 Å². The third-order valence-corrected chi connectivity index (χ3v) is 7.15. The molecule has 0 unspecified atom stereocenters. The Labute approximate surface area is 239 Å². The minimum absolute atomic E-state index is 0.000609. The number of hydrogen-bond donors (Lipinski definition) is 1. The van der Waals surface area contributed by atoms with Crippen molar-refractivity contribution >= 4 is 22.7 Å². The summed E-state index contributed by atoms with van der Waals surface area (Å²) in [6.07, 6.45) is 1.95. The van der Waals surface area contributed by atoms with Crippen LogP contribution in [0.5, 0.6) is 0 Å². The number of aromatic nitrogens is 3. The highest BCUT2D eigenvalue weighted by molar-refractivity contribution is 5.94. The van der Waals surface area contributed by atoms with Crippen molar-refractivity contribution in [3.63, 3.8) is 0 Å². The smallest absolute Gasteiger partial charge is 0.267 e. The van der Waals surface area contributed by atoms with E-state index in [2.05, 4.69) is 10.5 Å². The summed E-state index contributed by atoms with van der Waals surface area (Å²) in [5, 5.41) is 7.80. The highest BCUT2D eigenvalue weighted by Crippen LogP contribution is 2.16. The van der Waals surface area contributed by atoms with Crippen molar-refractivity contribution in [3.8, 4) is 0 Å². The summed E-state index contributed by atoms with van der Waals surface area (Å²) in [6, 6.07) is 27.6. The quantitative estimate of drug-likeness (QED) is 0.203. The molecular formula is C33H35N5O3. The zero-order valence-corrected chi connectivity index (χ0v) is 23.5. The molecule has 0 aliphatic carbocycles. The maximum Gasteiger partial charge on any atom is 0.267 e. The summed E-state index contributed by atoms with van der Waals surface area (Å²) in [5.41, 5.74) is 4.48. The van der Waals surface area contributed by atoms with Crippen molar-refractivity contribution in [2.45, 2.75) is 39.7 Å². The van der Waals surface area contributed by atoms with Crippen molar-refractivity contribution in [1.29, 1.82) is 0 Å². The number of nitrogens with zero attached hydrogens (tertiary/aromatic N) is 4. The van der Waals surface area contributed by atoms with E-state index in [1.165, 1.54) is 0 Å². The third kappa shape index (κ3) is 6.90. The maximum atomic E-state index is 13.5. The second kappa shape index (κ2) is 13.1. The molecule has 0 radical (unpaired) electrons. The molecule has 5 rings (SSSR count). The molecule has 0 bridgehead atoms. The first-order valence-corrected chi connectivity index (χ1v) is 14.0. The van der Waals surface area contributed by atoms with Gasteiger partial charge in [-0.3, -0.25) is 14.2 Å². The molecule has 8 heteroatoms. The zero-order valence-electron chi connectivity index (χ0n) is 23.5. The van der Waals surface area contributed by atoms with Crippen molar-refractivity contribution in [3.05, 3.63) is 123 Å². The molecule has 0 atom stereocenters. The van der Waals surface area contributed by atoms with E-state index in [1.807, 2.05) is 96.8 Å². The van der Waals surface area contributed by atoms with Gasteiger partial charge in [0.2, 0.25) is 0 Å². The summed E-state index contributed by atoms with van der Waals surface area (Å²) in [5.74, 6) is 0.622. The molecule has 3 aromatic carbocycles. The van der Waals surface area contributed by atoms with Crippen LogP contribution in [0.3, 0.4) is 0 Å². The lowest BCUT2D eigenvalue weighted by molar-refractivity contribution is 0.0752. The Kier molecular flexibility index (Phi) is 8.89. The summed E-state index contributed by atoms with van der Waals surface area (Å²) in [6.45, 7) is 6.06. The van der Waals surface area contributed by atoms with Crippen LogP contribution < -0.4 is 10.9 Å². The Morgan fingerprint density at radius 3 is 2.32 bits per heavy atom. The van der Waals surface area contributed by atoms with Crippen molar-refractivity contribution in [2.24, 2.45) is 0 Å². The van der Waals surface area contributed by atoms with Crippen LogP contribution in [-0.2, 0) is 13.0 Å². The van der Waals surface area contributed by atoms with E-state index in [-0.39, 0.29) is 17.2 Å². The lowest BCUT2D eigenvalue weighted by Gasteiger charge is -2.23. The van der Waals surface area contributed by atoms with Crippen molar-refractivity contribution in [2.75, 3.05) is 25.0 Å². The Bertz CT molecular complexity index is 1640. The van der Waals surface area contributed by atoms with Crippen LogP contribution >= 0.6 is 0 Å². The number of aryl methyl sites for hydroxylation is 3. The van der Waals surface area contributed by atoms with Crippen LogP contribution in [0, 0.1) is 13.8 Å². The van der Waals surface area contributed by atoms with E-state index >= 15 is 0 Å². The molecule has 0 spiro atoms. The molecule has 1 N–H and O–H groups in total. The molecule has 2 aromatic heterocycles. The minimum Gasteiger partial charge on any atom is -0.385 e. The second-order valence-corrected chi connectivity index (χ2v) is 10.3. The molecule has 41 heavy (non-hydrogen) atoms. The molecule has 210 valence electrons. The number of benzene rings is 3. The molecule has 0 aliphatic rings. The van der Waals surface area contributed by atoms with Crippen LogP contribution in [0.2, 0.25) is 0 Å². The van der Waals surface area contributed by atoms with Gasteiger partial charge in [0.15, 0.2) is 0 Å². The molecule has 1 amide bonds. The van der Waals surface area contributed by atoms with Gasteiger partial charge in [-0.15, -0.1) is 0 Å². The van der Waals surface area contributed by atoms with E-state index in [9.17, 15) is 9.59 Å². The highest BCUT2D eigenvalue weighted by atomic mass is 16.5. The first-order chi connectivity index (χ1) is 20.0. The Hall–Kier alpha value is -4.72. The van der Waals surface area contributed by atoms with Gasteiger partial charge in [0.05, 0.1) is 12.2 Å². The normalized spacial score (nSPS) is 11.1. The lowest BCUT2D eigenvalue weighted by Crippen LogP contribution is -2.34. The lowest BCUT2D eigenvalue weighted by atomic mass is 10.1. The van der Waals surface area contributed by atoms with E-state index in [0.717, 1.165) is 29.8 Å². The number of fused-ring (bicyclic) bond motifs is 1. The number of para-hydroxylation sites is 1. The largest absolute Gasteiger partial charge is 0.385 e. The molecule has 0 saturated heterocycles. The van der Waals surface area contributed by atoms with Gasteiger partial charge < -0.3 is 14.7 Å². The average Bonchev–Trinajstić information content (AvgIpc) is 3.37. The predicted molar refractivity (Wildman–Crippen MR) is 161 cm³/mol. The average molecular weight is 550 g/mol. The molecule has 0 fully saturated rings. The first kappa shape index (κ1) is 27.8.